The average molecular weight is 224 g/mol. The molecule has 0 aromatic rings. The Balaban J connectivity index is 1.93. The van der Waals surface area contributed by atoms with Gasteiger partial charge in [-0.2, -0.15) is 0 Å². The first-order valence-corrected chi connectivity index (χ1v) is 8.08. The van der Waals surface area contributed by atoms with Gasteiger partial charge in [-0.25, -0.2) is 0 Å². The summed E-state index contributed by atoms with van der Waals surface area (Å²) in [7, 11) is 0. The molecular formula is C5H10SSb. The van der Waals surface area contributed by atoms with Crippen molar-refractivity contribution in [1.82, 2.24) is 0 Å². The van der Waals surface area contributed by atoms with E-state index in [9.17, 15) is 0 Å². The fraction of sp³-hybridized carbons (Fsp3) is 1.00. The quantitative estimate of drug-likeness (QED) is 0.640. The van der Waals surface area contributed by atoms with Crippen LogP contribution in [0.25, 0.3) is 0 Å². The van der Waals surface area contributed by atoms with E-state index in [-0.39, 0.29) is 0 Å². The van der Waals surface area contributed by atoms with Crippen LogP contribution >= 0.6 is 11.8 Å². The summed E-state index contributed by atoms with van der Waals surface area (Å²) in [5.41, 5.74) is 0. The van der Waals surface area contributed by atoms with E-state index in [1.165, 1.54) is 11.5 Å². The second kappa shape index (κ2) is 3.24. The Labute approximate surface area is 60.0 Å². The molecule has 1 aliphatic heterocycles. The first-order valence-electron chi connectivity index (χ1n) is 2.57. The molecule has 7 heavy (non-hydrogen) atoms. The van der Waals surface area contributed by atoms with E-state index in [1.807, 2.05) is 0 Å². The van der Waals surface area contributed by atoms with Crippen LogP contribution in [0.2, 0.25) is 9.24 Å². The third-order valence-electron chi connectivity index (χ3n) is 1.15. The predicted molar refractivity (Wildman–Crippen MR) is 37.2 cm³/mol. The molecule has 2 heteroatoms. The molecule has 0 aromatic carbocycles. The third kappa shape index (κ3) is 1.85. The second-order valence-corrected chi connectivity index (χ2v) is 5.82. The standard InChI is InChI=1S/C4H7S.CH3.Sb/c1-4-2-5-3-4;;/h4H,1-3H2;1H3;. The van der Waals surface area contributed by atoms with E-state index in [1.54, 1.807) is 4.37 Å². The Hall–Kier alpha value is 1.17. The molecule has 0 spiro atoms. The van der Waals surface area contributed by atoms with Gasteiger partial charge in [0.1, 0.15) is 0 Å². The van der Waals surface area contributed by atoms with Crippen molar-refractivity contribution >= 4 is 33.4 Å². The zero-order valence-corrected chi connectivity index (χ0v) is 7.92. The Kier molecular flexibility index (Phi) is 2.92. The fourth-order valence-electron chi connectivity index (χ4n) is 0.648. The average Bonchev–Trinajstić information content (AvgIpc) is 1.55. The fourth-order valence-corrected chi connectivity index (χ4v) is 4.71. The summed E-state index contributed by atoms with van der Waals surface area (Å²) in [5.74, 6) is 4.11. The monoisotopic (exact) mass is 223 g/mol. The minimum atomic E-state index is 0.315. The molecule has 1 aliphatic rings. The van der Waals surface area contributed by atoms with E-state index < -0.39 is 0 Å². The summed E-state index contributed by atoms with van der Waals surface area (Å²) >= 11 is 2.42. The van der Waals surface area contributed by atoms with E-state index >= 15 is 0 Å². The van der Waals surface area contributed by atoms with Gasteiger partial charge < -0.3 is 0 Å². The van der Waals surface area contributed by atoms with Crippen LogP contribution in [0.3, 0.4) is 0 Å². The number of rotatable bonds is 2. The molecule has 1 radical (unpaired) electrons. The van der Waals surface area contributed by atoms with Crippen LogP contribution < -0.4 is 0 Å². The van der Waals surface area contributed by atoms with Crippen molar-refractivity contribution in [1.29, 1.82) is 0 Å². The summed E-state index contributed by atoms with van der Waals surface area (Å²) < 4.78 is 1.62. The molecular weight excluding hydrogens is 214 g/mol. The Morgan fingerprint density at radius 3 is 2.57 bits per heavy atom. The van der Waals surface area contributed by atoms with Crippen molar-refractivity contribution in [3.05, 3.63) is 0 Å². The zero-order valence-electron chi connectivity index (χ0n) is 4.55. The minimum absolute atomic E-state index is 0.315. The molecule has 0 bridgehead atoms. The van der Waals surface area contributed by atoms with Crippen LogP contribution in [0.1, 0.15) is 0 Å². The van der Waals surface area contributed by atoms with Crippen molar-refractivity contribution < 1.29 is 0 Å². The van der Waals surface area contributed by atoms with Gasteiger partial charge in [0.2, 0.25) is 0 Å². The Morgan fingerprint density at radius 1 is 1.71 bits per heavy atom. The molecule has 0 N–H and O–H groups in total. The number of hydrogen-bond acceptors (Lipinski definition) is 1. The van der Waals surface area contributed by atoms with E-state index in [2.05, 4.69) is 16.6 Å². The van der Waals surface area contributed by atoms with E-state index in [0.29, 0.717) is 21.6 Å². The Bertz CT molecular complexity index is 52.0. The summed E-state index contributed by atoms with van der Waals surface area (Å²) in [4.78, 5) is 2.42. The van der Waals surface area contributed by atoms with Crippen molar-refractivity contribution in [2.24, 2.45) is 5.92 Å². The SMILES string of the molecule is [CH3][Sb][CH2]C1CSC1. The van der Waals surface area contributed by atoms with Gasteiger partial charge in [-0.1, -0.05) is 0 Å². The van der Waals surface area contributed by atoms with Gasteiger partial charge in [-0.3, -0.25) is 0 Å². The van der Waals surface area contributed by atoms with Crippen LogP contribution in [0.5, 0.6) is 0 Å². The van der Waals surface area contributed by atoms with Gasteiger partial charge in [0.05, 0.1) is 0 Å². The summed E-state index contributed by atoms with van der Waals surface area (Å²) in [6.07, 6.45) is 0. The number of thioether (sulfide) groups is 1. The zero-order chi connectivity index (χ0) is 5.11. The normalized spacial score (nSPS) is 21.9. The summed E-state index contributed by atoms with van der Waals surface area (Å²) in [5, 5.41) is 0. The van der Waals surface area contributed by atoms with Crippen molar-refractivity contribution in [2.75, 3.05) is 11.5 Å². The van der Waals surface area contributed by atoms with Crippen LogP contribution in [-0.2, 0) is 0 Å². The van der Waals surface area contributed by atoms with Crippen molar-refractivity contribution in [3.8, 4) is 0 Å². The molecule has 1 saturated heterocycles. The van der Waals surface area contributed by atoms with Crippen molar-refractivity contribution in [3.63, 3.8) is 0 Å². The van der Waals surface area contributed by atoms with Crippen molar-refractivity contribution in [2.45, 2.75) is 9.24 Å². The van der Waals surface area contributed by atoms with Gasteiger partial charge >= 0.3 is 60.0 Å². The predicted octanol–water partition coefficient (Wildman–Crippen LogP) is 1.52. The third-order valence-corrected chi connectivity index (χ3v) is 5.08. The molecule has 41 valence electrons. The Morgan fingerprint density at radius 2 is 2.43 bits per heavy atom. The second-order valence-electron chi connectivity index (χ2n) is 1.90. The van der Waals surface area contributed by atoms with E-state index in [0.717, 1.165) is 5.92 Å². The molecule has 0 amide bonds. The van der Waals surface area contributed by atoms with Gasteiger partial charge in [-0.15, -0.1) is 0 Å². The van der Waals surface area contributed by atoms with E-state index in [4.69, 9.17) is 0 Å². The van der Waals surface area contributed by atoms with Gasteiger partial charge in [0.15, 0.2) is 0 Å². The van der Waals surface area contributed by atoms with Crippen LogP contribution in [-0.4, -0.2) is 33.1 Å². The molecule has 0 aliphatic carbocycles. The van der Waals surface area contributed by atoms with Gasteiger partial charge in [0.25, 0.3) is 0 Å². The molecule has 0 aromatic heterocycles. The maximum absolute atomic E-state index is 2.42. The van der Waals surface area contributed by atoms with Crippen LogP contribution in [0, 0.1) is 5.92 Å². The summed E-state index contributed by atoms with van der Waals surface area (Å²) in [6, 6.07) is 0. The molecule has 0 nitrogen and oxygen atoms in total. The van der Waals surface area contributed by atoms with Crippen LogP contribution in [0.4, 0.5) is 0 Å². The molecule has 0 saturated carbocycles. The van der Waals surface area contributed by atoms with Gasteiger partial charge in [-0.05, 0) is 0 Å². The van der Waals surface area contributed by atoms with Gasteiger partial charge in [0, 0.05) is 0 Å². The molecule has 1 fully saturated rings. The molecule has 0 unspecified atom stereocenters. The first kappa shape index (κ1) is 6.29. The molecule has 1 rings (SSSR count). The summed E-state index contributed by atoms with van der Waals surface area (Å²) in [6.45, 7) is 0. The topological polar surface area (TPSA) is 0 Å². The van der Waals surface area contributed by atoms with Crippen LogP contribution in [0.15, 0.2) is 0 Å². The first-order chi connectivity index (χ1) is 3.43. The number of hydrogen-bond donors (Lipinski definition) is 0. The maximum atomic E-state index is 2.42. The molecule has 1 heterocycles. The molecule has 0 atom stereocenters.